The van der Waals surface area contributed by atoms with E-state index in [0.717, 1.165) is 38.6 Å². The standard InChI is InChI=1S/C30H46N8O3.ClH/c1-5-37(24-12-8-23(31)9-13-24)21(2)20-22-6-10-25(11-7-22)38-15-14-26(34-29(38)41)33-28(40)36-18-16-35(17-19-36)27(39)30(3,4)32;/h6-7,10-11,14-15,21,23-24H,5,8-9,12-13,16-20,31-32H2,1-4H3,(H,33,34,40,41);1H. The quantitative estimate of drug-likeness (QED) is 0.421. The molecule has 5 N–H and O–H groups in total. The molecule has 0 bridgehead atoms. The molecule has 11 nitrogen and oxygen atoms in total. The molecule has 2 heterocycles. The highest BCUT2D eigenvalue weighted by atomic mass is 35.5. The number of nitrogens with one attached hydrogen (secondary N) is 1. The van der Waals surface area contributed by atoms with Gasteiger partial charge in [-0.3, -0.25) is 19.6 Å². The van der Waals surface area contributed by atoms with E-state index < -0.39 is 11.2 Å². The van der Waals surface area contributed by atoms with E-state index in [0.29, 0.717) is 50.0 Å². The second-order valence-corrected chi connectivity index (χ2v) is 12.0. The summed E-state index contributed by atoms with van der Waals surface area (Å²) in [5, 5.41) is 2.70. The molecule has 1 aromatic heterocycles. The van der Waals surface area contributed by atoms with E-state index in [1.54, 1.807) is 35.9 Å². The first-order valence-corrected chi connectivity index (χ1v) is 14.8. The van der Waals surface area contributed by atoms with Crippen molar-refractivity contribution in [2.24, 2.45) is 11.5 Å². The molecular weight excluding hydrogens is 556 g/mol. The first-order valence-electron chi connectivity index (χ1n) is 14.8. The zero-order chi connectivity index (χ0) is 29.7. The van der Waals surface area contributed by atoms with Crippen LogP contribution in [0.2, 0.25) is 0 Å². The van der Waals surface area contributed by atoms with Crippen LogP contribution in [0.1, 0.15) is 58.9 Å². The van der Waals surface area contributed by atoms with Crippen LogP contribution in [0.4, 0.5) is 10.6 Å². The molecule has 1 saturated carbocycles. The lowest BCUT2D eigenvalue weighted by Gasteiger charge is -2.39. The summed E-state index contributed by atoms with van der Waals surface area (Å²) >= 11 is 0. The van der Waals surface area contributed by atoms with Gasteiger partial charge in [0.1, 0.15) is 5.82 Å². The van der Waals surface area contributed by atoms with Crippen LogP contribution >= 0.6 is 12.4 Å². The molecule has 2 fully saturated rings. The Morgan fingerprint density at radius 2 is 1.64 bits per heavy atom. The summed E-state index contributed by atoms with van der Waals surface area (Å²) in [5.74, 6) is 0.0463. The molecule has 1 aliphatic carbocycles. The molecule has 3 amide bonds. The molecule has 0 radical (unpaired) electrons. The topological polar surface area (TPSA) is 143 Å². The third-order valence-corrected chi connectivity index (χ3v) is 8.33. The van der Waals surface area contributed by atoms with Gasteiger partial charge in [-0.2, -0.15) is 4.98 Å². The molecule has 0 spiro atoms. The Labute approximate surface area is 255 Å². The summed E-state index contributed by atoms with van der Waals surface area (Å²) in [6, 6.07) is 10.6. The molecule has 42 heavy (non-hydrogen) atoms. The van der Waals surface area contributed by atoms with Crippen molar-refractivity contribution in [3.05, 3.63) is 52.6 Å². The monoisotopic (exact) mass is 602 g/mol. The molecular formula is C30H47ClN8O3. The molecule has 1 atom stereocenters. The molecule has 12 heteroatoms. The van der Waals surface area contributed by atoms with Gasteiger partial charge in [0.15, 0.2) is 0 Å². The number of benzene rings is 1. The maximum Gasteiger partial charge on any atom is 0.354 e. The fraction of sp³-hybridized carbons (Fsp3) is 0.600. The third-order valence-electron chi connectivity index (χ3n) is 8.33. The normalized spacial score (nSPS) is 20.2. The number of carbonyl (C=O) groups excluding carboxylic acids is 2. The Morgan fingerprint density at radius 3 is 2.19 bits per heavy atom. The summed E-state index contributed by atoms with van der Waals surface area (Å²) in [7, 11) is 0. The number of urea groups is 1. The van der Waals surface area contributed by atoms with E-state index in [1.807, 2.05) is 12.1 Å². The summed E-state index contributed by atoms with van der Waals surface area (Å²) in [5.41, 5.74) is 12.5. The Balaban J connectivity index is 0.00000484. The Hall–Kier alpha value is -2.99. The number of halogens is 1. The Morgan fingerprint density at radius 1 is 1.05 bits per heavy atom. The van der Waals surface area contributed by atoms with Crippen LogP contribution in [0.3, 0.4) is 0 Å². The van der Waals surface area contributed by atoms with Gasteiger partial charge in [0, 0.05) is 50.5 Å². The number of nitrogens with zero attached hydrogens (tertiary/aromatic N) is 5. The minimum absolute atomic E-state index is 0. The van der Waals surface area contributed by atoms with Gasteiger partial charge < -0.3 is 21.3 Å². The average Bonchev–Trinajstić information content (AvgIpc) is 2.94. The van der Waals surface area contributed by atoms with Crippen LogP contribution < -0.4 is 22.5 Å². The lowest BCUT2D eigenvalue weighted by molar-refractivity contribution is -0.137. The zero-order valence-corrected chi connectivity index (χ0v) is 26.1. The smallest absolute Gasteiger partial charge is 0.338 e. The minimum Gasteiger partial charge on any atom is -0.338 e. The molecule has 4 rings (SSSR count). The van der Waals surface area contributed by atoms with E-state index in [1.165, 1.54) is 10.1 Å². The highest BCUT2D eigenvalue weighted by Crippen LogP contribution is 2.25. The number of hydrogen-bond acceptors (Lipinski definition) is 7. The Kier molecular flexibility index (Phi) is 11.5. The fourth-order valence-corrected chi connectivity index (χ4v) is 5.99. The molecule has 1 aliphatic heterocycles. The number of amides is 3. The predicted octanol–water partition coefficient (Wildman–Crippen LogP) is 2.59. The summed E-state index contributed by atoms with van der Waals surface area (Å²) in [4.78, 5) is 47.9. The van der Waals surface area contributed by atoms with Crippen molar-refractivity contribution >= 4 is 30.2 Å². The van der Waals surface area contributed by atoms with Gasteiger partial charge in [-0.1, -0.05) is 19.1 Å². The number of likely N-dealkylation sites (N-methyl/N-ethyl adjacent to an activating group) is 1. The minimum atomic E-state index is -0.947. The van der Waals surface area contributed by atoms with Crippen LogP contribution in [0.25, 0.3) is 5.69 Å². The predicted molar refractivity (Wildman–Crippen MR) is 168 cm³/mol. The summed E-state index contributed by atoms with van der Waals surface area (Å²) in [6.07, 6.45) is 7.07. The number of piperazine rings is 1. The van der Waals surface area contributed by atoms with Gasteiger partial charge >= 0.3 is 11.7 Å². The lowest BCUT2D eigenvalue weighted by atomic mass is 9.89. The Bertz CT molecular complexity index is 1250. The fourth-order valence-electron chi connectivity index (χ4n) is 5.99. The summed E-state index contributed by atoms with van der Waals surface area (Å²) in [6.45, 7) is 10.4. The van der Waals surface area contributed by atoms with Crippen LogP contribution in [0.5, 0.6) is 0 Å². The van der Waals surface area contributed by atoms with Crippen LogP contribution in [-0.2, 0) is 11.2 Å². The number of rotatable bonds is 8. The van der Waals surface area contributed by atoms with Crippen molar-refractivity contribution in [1.82, 2.24) is 24.3 Å². The maximum absolute atomic E-state index is 12.8. The van der Waals surface area contributed by atoms with Gasteiger partial charge in [0.25, 0.3) is 0 Å². The number of hydrogen-bond donors (Lipinski definition) is 3. The number of aromatic nitrogens is 2. The third kappa shape index (κ3) is 8.31. The van der Waals surface area contributed by atoms with Gasteiger partial charge in [-0.15, -0.1) is 12.4 Å². The zero-order valence-electron chi connectivity index (χ0n) is 25.3. The van der Waals surface area contributed by atoms with Crippen molar-refractivity contribution in [1.29, 1.82) is 0 Å². The van der Waals surface area contributed by atoms with Gasteiger partial charge in [-0.05, 0) is 83.2 Å². The van der Waals surface area contributed by atoms with Crippen molar-refractivity contribution in [3.63, 3.8) is 0 Å². The highest BCUT2D eigenvalue weighted by molar-refractivity contribution is 5.89. The number of carbonyl (C=O) groups is 2. The van der Waals surface area contributed by atoms with Crippen molar-refractivity contribution in [2.45, 2.75) is 83.5 Å². The van der Waals surface area contributed by atoms with Crippen molar-refractivity contribution in [2.75, 3.05) is 38.0 Å². The van der Waals surface area contributed by atoms with Crippen LogP contribution in [-0.4, -0.2) is 92.6 Å². The largest absolute Gasteiger partial charge is 0.354 e. The second-order valence-electron chi connectivity index (χ2n) is 12.0. The van der Waals surface area contributed by atoms with Crippen molar-refractivity contribution in [3.8, 4) is 5.69 Å². The van der Waals surface area contributed by atoms with Crippen LogP contribution in [0.15, 0.2) is 41.3 Å². The van der Waals surface area contributed by atoms with E-state index in [9.17, 15) is 14.4 Å². The first kappa shape index (κ1) is 33.5. The maximum atomic E-state index is 12.8. The van der Waals surface area contributed by atoms with E-state index in [2.05, 4.69) is 41.2 Å². The number of anilines is 1. The molecule has 2 aliphatic rings. The molecule has 2 aromatic rings. The number of nitrogens with two attached hydrogens (primary N) is 2. The van der Waals surface area contributed by atoms with Gasteiger partial charge in [0.05, 0.1) is 11.2 Å². The van der Waals surface area contributed by atoms with Crippen molar-refractivity contribution < 1.29 is 9.59 Å². The van der Waals surface area contributed by atoms with E-state index in [4.69, 9.17) is 11.5 Å². The molecule has 1 unspecified atom stereocenters. The molecule has 232 valence electrons. The first-order chi connectivity index (χ1) is 19.5. The second kappa shape index (κ2) is 14.5. The van der Waals surface area contributed by atoms with Crippen LogP contribution in [0, 0.1) is 0 Å². The molecule has 1 saturated heterocycles. The summed E-state index contributed by atoms with van der Waals surface area (Å²) < 4.78 is 1.46. The highest BCUT2D eigenvalue weighted by Gasteiger charge is 2.31. The lowest BCUT2D eigenvalue weighted by Crippen LogP contribution is -2.58. The van der Waals surface area contributed by atoms with E-state index in [-0.39, 0.29) is 30.2 Å². The van der Waals surface area contributed by atoms with Gasteiger partial charge in [-0.25, -0.2) is 9.59 Å². The van der Waals surface area contributed by atoms with E-state index >= 15 is 0 Å². The average molecular weight is 603 g/mol. The SMILES string of the molecule is CCN(C(C)Cc1ccc(-n2ccc(NC(=O)N3CCN(C(=O)C(C)(C)N)CC3)nc2=O)cc1)C1CCC(N)CC1.Cl. The molecule has 1 aromatic carbocycles. The van der Waals surface area contributed by atoms with Gasteiger partial charge in [0.2, 0.25) is 5.91 Å².